The van der Waals surface area contributed by atoms with E-state index in [0.29, 0.717) is 0 Å². The Labute approximate surface area is 205 Å². The Balaban J connectivity index is 1.46. The van der Waals surface area contributed by atoms with E-state index in [4.69, 9.17) is 9.68 Å². The molecule has 0 unspecified atom stereocenters. The molecule has 0 aliphatic carbocycles. The van der Waals surface area contributed by atoms with Crippen LogP contribution in [0.2, 0.25) is 0 Å². The molecule has 0 fully saturated rings. The number of hydrogen-bond donors (Lipinski definition) is 2. The van der Waals surface area contributed by atoms with Crippen molar-refractivity contribution in [1.29, 1.82) is 0 Å². The van der Waals surface area contributed by atoms with E-state index in [9.17, 15) is 0 Å². The first kappa shape index (κ1) is 27.5. The molecule has 2 aromatic rings. The minimum atomic E-state index is 0.806. The monoisotopic (exact) mass is 466 g/mol. The molecule has 0 heterocycles. The molecule has 0 radical (unpaired) electrons. The zero-order valence-corrected chi connectivity index (χ0v) is 21.0. The van der Waals surface area contributed by atoms with Gasteiger partial charge in [-0.15, -0.1) is 0 Å². The van der Waals surface area contributed by atoms with Gasteiger partial charge in [-0.2, -0.15) is 0 Å². The number of aliphatic imine (C=N–C) groups is 2. The summed E-state index contributed by atoms with van der Waals surface area (Å²) in [5.41, 5.74) is 7.90. The lowest BCUT2D eigenvalue weighted by atomic mass is 10.1. The van der Waals surface area contributed by atoms with Gasteiger partial charge in [0.1, 0.15) is 0 Å². The van der Waals surface area contributed by atoms with Crippen molar-refractivity contribution >= 4 is 11.7 Å². The third kappa shape index (κ3) is 12.0. The van der Waals surface area contributed by atoms with Crippen LogP contribution in [0.15, 0.2) is 70.6 Å². The molecule has 6 nitrogen and oxygen atoms in total. The van der Waals surface area contributed by atoms with Crippen LogP contribution in [0.4, 0.5) is 0 Å². The van der Waals surface area contributed by atoms with Gasteiger partial charge in [0.05, 0.1) is 14.2 Å². The SMILES string of the molecule is CONC(=NCCCCCCCCCCCCN=C(NOC)c1ccccc1)c1ccccc1. The Kier molecular flexibility index (Phi) is 15.1. The maximum Gasteiger partial charge on any atom is 0.152 e. The van der Waals surface area contributed by atoms with Gasteiger partial charge in [-0.25, -0.2) is 11.0 Å². The van der Waals surface area contributed by atoms with Crippen LogP contribution in [0.5, 0.6) is 0 Å². The van der Waals surface area contributed by atoms with Gasteiger partial charge in [0, 0.05) is 24.2 Å². The number of amidine groups is 2. The zero-order valence-electron chi connectivity index (χ0n) is 21.0. The van der Waals surface area contributed by atoms with E-state index in [0.717, 1.165) is 48.7 Å². The van der Waals surface area contributed by atoms with E-state index in [2.05, 4.69) is 20.9 Å². The number of unbranched alkanes of at least 4 members (excludes halogenated alkanes) is 9. The topological polar surface area (TPSA) is 67.2 Å². The molecule has 0 saturated carbocycles. The van der Waals surface area contributed by atoms with Crippen molar-refractivity contribution in [3.05, 3.63) is 71.8 Å². The molecule has 0 aromatic heterocycles. The second-order valence-electron chi connectivity index (χ2n) is 8.34. The number of nitrogens with zero attached hydrogens (tertiary/aromatic N) is 2. The number of benzene rings is 2. The maximum absolute atomic E-state index is 5.07. The summed E-state index contributed by atoms with van der Waals surface area (Å²) < 4.78 is 0. The minimum absolute atomic E-state index is 0.806. The largest absolute Gasteiger partial charge is 0.278 e. The normalized spacial score (nSPS) is 12.1. The quantitative estimate of drug-likeness (QED) is 0.128. The molecule has 2 aromatic carbocycles. The van der Waals surface area contributed by atoms with Gasteiger partial charge in [0.25, 0.3) is 0 Å². The van der Waals surface area contributed by atoms with Crippen LogP contribution in [0, 0.1) is 0 Å². The van der Waals surface area contributed by atoms with Crippen molar-refractivity contribution in [2.45, 2.75) is 64.2 Å². The van der Waals surface area contributed by atoms with E-state index in [1.807, 2.05) is 60.7 Å². The number of rotatable bonds is 17. The molecule has 186 valence electrons. The molecular formula is C28H42N4O2. The van der Waals surface area contributed by atoms with Gasteiger partial charge in [0.2, 0.25) is 0 Å². The average molecular weight is 467 g/mol. The molecule has 0 saturated heterocycles. The summed E-state index contributed by atoms with van der Waals surface area (Å²) >= 11 is 0. The van der Waals surface area contributed by atoms with Gasteiger partial charge < -0.3 is 0 Å². The average Bonchev–Trinajstić information content (AvgIpc) is 2.88. The third-order valence-corrected chi connectivity index (χ3v) is 5.60. The molecule has 2 rings (SSSR count). The second-order valence-corrected chi connectivity index (χ2v) is 8.34. The summed E-state index contributed by atoms with van der Waals surface area (Å²) in [7, 11) is 3.24. The fraction of sp³-hybridized carbons (Fsp3) is 0.500. The van der Waals surface area contributed by atoms with Gasteiger partial charge in [-0.3, -0.25) is 19.7 Å². The highest BCUT2D eigenvalue weighted by Crippen LogP contribution is 2.11. The van der Waals surface area contributed by atoms with Crippen molar-refractivity contribution < 1.29 is 9.68 Å². The van der Waals surface area contributed by atoms with E-state index < -0.39 is 0 Å². The van der Waals surface area contributed by atoms with Crippen LogP contribution in [-0.2, 0) is 9.68 Å². The predicted molar refractivity (Wildman–Crippen MR) is 142 cm³/mol. The van der Waals surface area contributed by atoms with Crippen molar-refractivity contribution in [3.8, 4) is 0 Å². The van der Waals surface area contributed by atoms with Crippen LogP contribution < -0.4 is 11.0 Å². The van der Waals surface area contributed by atoms with Gasteiger partial charge in [-0.1, -0.05) is 112 Å². The molecule has 0 spiro atoms. The minimum Gasteiger partial charge on any atom is -0.278 e. The highest BCUT2D eigenvalue weighted by Gasteiger charge is 2.02. The molecule has 0 aliphatic heterocycles. The Morgan fingerprint density at radius 2 is 0.853 bits per heavy atom. The van der Waals surface area contributed by atoms with Gasteiger partial charge >= 0.3 is 0 Å². The van der Waals surface area contributed by atoms with Crippen molar-refractivity contribution in [2.24, 2.45) is 9.98 Å². The summed E-state index contributed by atoms with van der Waals surface area (Å²) in [5.74, 6) is 1.61. The van der Waals surface area contributed by atoms with Crippen molar-refractivity contribution in [1.82, 2.24) is 11.0 Å². The summed E-state index contributed by atoms with van der Waals surface area (Å²) in [6, 6.07) is 20.2. The predicted octanol–water partition coefficient (Wildman–Crippen LogP) is 6.08. The summed E-state index contributed by atoms with van der Waals surface area (Å²) in [6.45, 7) is 1.66. The molecule has 0 aliphatic rings. The van der Waals surface area contributed by atoms with Crippen molar-refractivity contribution in [2.75, 3.05) is 27.3 Å². The Hall–Kier alpha value is -2.70. The van der Waals surface area contributed by atoms with Crippen LogP contribution in [-0.4, -0.2) is 39.0 Å². The number of hydrogen-bond acceptors (Lipinski definition) is 4. The fourth-order valence-electron chi connectivity index (χ4n) is 3.77. The first-order valence-corrected chi connectivity index (χ1v) is 12.6. The maximum atomic E-state index is 5.07. The fourth-order valence-corrected chi connectivity index (χ4v) is 3.77. The third-order valence-electron chi connectivity index (χ3n) is 5.60. The lowest BCUT2D eigenvalue weighted by Gasteiger charge is -2.08. The lowest BCUT2D eigenvalue weighted by molar-refractivity contribution is 0.144. The summed E-state index contributed by atoms with van der Waals surface area (Å²) in [5, 5.41) is 0. The van der Waals surface area contributed by atoms with E-state index in [1.54, 1.807) is 14.2 Å². The smallest absolute Gasteiger partial charge is 0.152 e. The molecule has 2 N–H and O–H groups in total. The Morgan fingerprint density at radius 3 is 1.18 bits per heavy atom. The molecular weight excluding hydrogens is 424 g/mol. The van der Waals surface area contributed by atoms with Crippen LogP contribution >= 0.6 is 0 Å². The molecule has 6 heteroatoms. The van der Waals surface area contributed by atoms with Gasteiger partial charge in [0.15, 0.2) is 11.7 Å². The highest BCUT2D eigenvalue weighted by atomic mass is 16.6. The first-order valence-electron chi connectivity index (χ1n) is 12.6. The summed E-state index contributed by atoms with van der Waals surface area (Å²) in [6.07, 6.45) is 12.6. The van der Waals surface area contributed by atoms with Crippen LogP contribution in [0.3, 0.4) is 0 Å². The number of hydroxylamine groups is 2. The lowest BCUT2D eigenvalue weighted by Crippen LogP contribution is -2.23. The zero-order chi connectivity index (χ0) is 24.1. The van der Waals surface area contributed by atoms with Crippen LogP contribution in [0.25, 0.3) is 0 Å². The molecule has 0 atom stereocenters. The Morgan fingerprint density at radius 1 is 0.529 bits per heavy atom. The van der Waals surface area contributed by atoms with E-state index in [-0.39, 0.29) is 0 Å². The Bertz CT molecular complexity index is 740. The standard InChI is InChI=1S/C28H42N4O2/c1-33-31-27(25-19-13-11-14-20-25)29-23-17-9-7-5-3-4-6-8-10-18-24-30-28(32-34-2)26-21-15-12-16-22-26/h11-16,19-22H,3-10,17-18,23-24H2,1-2H3,(H,29,31)(H,30,32). The highest BCUT2D eigenvalue weighted by molar-refractivity contribution is 5.98. The van der Waals surface area contributed by atoms with Crippen molar-refractivity contribution in [3.63, 3.8) is 0 Å². The molecule has 34 heavy (non-hydrogen) atoms. The first-order chi connectivity index (χ1) is 16.8. The molecule has 0 bridgehead atoms. The second kappa shape index (κ2) is 18.7. The van der Waals surface area contributed by atoms with Crippen LogP contribution in [0.1, 0.15) is 75.3 Å². The number of nitrogens with one attached hydrogen (secondary N) is 2. The van der Waals surface area contributed by atoms with E-state index >= 15 is 0 Å². The van der Waals surface area contributed by atoms with E-state index in [1.165, 1.54) is 51.4 Å². The molecule has 0 amide bonds. The summed E-state index contributed by atoms with van der Waals surface area (Å²) in [4.78, 5) is 19.5. The van der Waals surface area contributed by atoms with Gasteiger partial charge in [-0.05, 0) is 12.8 Å².